The zero-order valence-corrected chi connectivity index (χ0v) is 12.2. The number of rotatable bonds is 3. The van der Waals surface area contributed by atoms with Gasteiger partial charge in [0.25, 0.3) is 0 Å². The third kappa shape index (κ3) is 2.25. The van der Waals surface area contributed by atoms with Crippen LogP contribution in [0.1, 0.15) is 12.5 Å². The first-order chi connectivity index (χ1) is 9.71. The van der Waals surface area contributed by atoms with Crippen molar-refractivity contribution in [2.24, 2.45) is 0 Å². The lowest BCUT2D eigenvalue weighted by molar-refractivity contribution is 0.416. The van der Waals surface area contributed by atoms with Crippen molar-refractivity contribution in [3.8, 4) is 17.1 Å². The molecule has 3 rings (SSSR count). The molecule has 0 atom stereocenters. The van der Waals surface area contributed by atoms with E-state index in [4.69, 9.17) is 16.3 Å². The molecular weight excluding hydrogens is 272 g/mol. The van der Waals surface area contributed by atoms with Crippen molar-refractivity contribution in [2.75, 3.05) is 7.11 Å². The number of nitrogens with zero attached hydrogens (tertiary/aromatic N) is 1. The van der Waals surface area contributed by atoms with Crippen LogP contribution in [0.4, 0.5) is 0 Å². The van der Waals surface area contributed by atoms with E-state index in [1.807, 2.05) is 18.2 Å². The van der Waals surface area contributed by atoms with Crippen LogP contribution in [0.15, 0.2) is 36.4 Å². The monoisotopic (exact) mass is 286 g/mol. The molecule has 4 heteroatoms. The van der Waals surface area contributed by atoms with Crippen molar-refractivity contribution in [1.29, 1.82) is 0 Å². The van der Waals surface area contributed by atoms with E-state index < -0.39 is 0 Å². The number of hydrogen-bond acceptors (Lipinski definition) is 2. The summed E-state index contributed by atoms with van der Waals surface area (Å²) in [6.45, 7) is 2.14. The lowest BCUT2D eigenvalue weighted by Crippen LogP contribution is -1.89. The molecule has 0 saturated carbocycles. The molecule has 0 radical (unpaired) electrons. The van der Waals surface area contributed by atoms with Crippen molar-refractivity contribution >= 4 is 22.6 Å². The van der Waals surface area contributed by atoms with Crippen LogP contribution in [0, 0.1) is 0 Å². The molecule has 0 fully saturated rings. The molecule has 1 heterocycles. The van der Waals surface area contributed by atoms with Crippen molar-refractivity contribution in [2.45, 2.75) is 13.3 Å². The molecule has 0 saturated heterocycles. The molecule has 20 heavy (non-hydrogen) atoms. The number of imidazole rings is 1. The quantitative estimate of drug-likeness (QED) is 0.772. The van der Waals surface area contributed by atoms with Gasteiger partial charge in [-0.25, -0.2) is 4.98 Å². The highest BCUT2D eigenvalue weighted by atomic mass is 35.5. The molecule has 0 aliphatic heterocycles. The number of hydrogen-bond donors (Lipinski definition) is 1. The molecule has 0 amide bonds. The lowest BCUT2D eigenvalue weighted by atomic mass is 10.1. The zero-order valence-electron chi connectivity index (χ0n) is 11.4. The van der Waals surface area contributed by atoms with Crippen LogP contribution in [0.5, 0.6) is 5.75 Å². The largest absolute Gasteiger partial charge is 0.496 e. The van der Waals surface area contributed by atoms with Gasteiger partial charge >= 0.3 is 0 Å². The first-order valence-electron chi connectivity index (χ1n) is 6.54. The van der Waals surface area contributed by atoms with Gasteiger partial charge in [0.15, 0.2) is 0 Å². The van der Waals surface area contributed by atoms with E-state index in [0.29, 0.717) is 10.8 Å². The summed E-state index contributed by atoms with van der Waals surface area (Å²) in [5, 5.41) is 0.648. The Bertz CT molecular complexity index is 764. The summed E-state index contributed by atoms with van der Waals surface area (Å²) in [6, 6.07) is 11.8. The number of aromatic nitrogens is 2. The van der Waals surface area contributed by atoms with Gasteiger partial charge in [0.05, 0.1) is 23.7 Å². The third-order valence-corrected chi connectivity index (χ3v) is 3.61. The lowest BCUT2D eigenvalue weighted by Gasteiger charge is -2.06. The number of methoxy groups -OCH3 is 1. The topological polar surface area (TPSA) is 37.9 Å². The van der Waals surface area contributed by atoms with Crippen LogP contribution < -0.4 is 4.74 Å². The summed E-state index contributed by atoms with van der Waals surface area (Å²) >= 11 is 5.99. The van der Waals surface area contributed by atoms with E-state index in [1.54, 1.807) is 13.2 Å². The van der Waals surface area contributed by atoms with Crippen molar-refractivity contribution < 1.29 is 4.74 Å². The molecule has 0 aliphatic carbocycles. The van der Waals surface area contributed by atoms with Gasteiger partial charge in [0.2, 0.25) is 0 Å². The summed E-state index contributed by atoms with van der Waals surface area (Å²) in [5.74, 6) is 1.51. The standard InChI is InChI=1S/C16H15ClN2O/c1-3-10-4-7-13-14(8-10)19-16(18-13)12-6-5-11(17)9-15(12)20-2/h4-9H,3H2,1-2H3,(H,18,19). The minimum atomic E-state index is 0.648. The van der Waals surface area contributed by atoms with Crippen LogP contribution in [0.2, 0.25) is 5.02 Å². The molecule has 0 aliphatic rings. The summed E-state index contributed by atoms with van der Waals surface area (Å²) < 4.78 is 5.38. The number of benzene rings is 2. The SMILES string of the molecule is CCc1ccc2nc(-c3ccc(Cl)cc3OC)[nH]c2c1. The van der Waals surface area contributed by atoms with E-state index >= 15 is 0 Å². The Balaban J connectivity index is 2.14. The molecule has 0 bridgehead atoms. The van der Waals surface area contributed by atoms with Crippen molar-refractivity contribution in [3.05, 3.63) is 47.0 Å². The number of halogens is 1. The van der Waals surface area contributed by atoms with Crippen molar-refractivity contribution in [1.82, 2.24) is 9.97 Å². The predicted molar refractivity (Wildman–Crippen MR) is 82.5 cm³/mol. The highest BCUT2D eigenvalue weighted by molar-refractivity contribution is 6.30. The van der Waals surface area contributed by atoms with Gasteiger partial charge in [0.1, 0.15) is 11.6 Å². The third-order valence-electron chi connectivity index (χ3n) is 3.37. The highest BCUT2D eigenvalue weighted by Crippen LogP contribution is 2.31. The number of H-pyrrole nitrogens is 1. The number of ether oxygens (including phenoxy) is 1. The first kappa shape index (κ1) is 13.0. The fourth-order valence-corrected chi connectivity index (χ4v) is 2.43. The van der Waals surface area contributed by atoms with E-state index in [2.05, 4.69) is 29.0 Å². The maximum atomic E-state index is 5.99. The molecule has 2 aromatic carbocycles. The number of aryl methyl sites for hydroxylation is 1. The second-order valence-corrected chi connectivity index (χ2v) is 5.07. The van der Waals surface area contributed by atoms with E-state index in [9.17, 15) is 0 Å². The molecule has 1 N–H and O–H groups in total. The summed E-state index contributed by atoms with van der Waals surface area (Å²) in [7, 11) is 1.63. The summed E-state index contributed by atoms with van der Waals surface area (Å²) in [4.78, 5) is 7.96. The molecule has 102 valence electrons. The van der Waals surface area contributed by atoms with Gasteiger partial charge in [0, 0.05) is 5.02 Å². The van der Waals surface area contributed by atoms with E-state index in [0.717, 1.165) is 28.8 Å². The molecule has 3 aromatic rings. The molecular formula is C16H15ClN2O. The predicted octanol–water partition coefficient (Wildman–Crippen LogP) is 4.45. The molecule has 3 nitrogen and oxygen atoms in total. The van der Waals surface area contributed by atoms with Crippen LogP contribution in [-0.4, -0.2) is 17.1 Å². The number of aromatic amines is 1. The minimum Gasteiger partial charge on any atom is -0.496 e. The van der Waals surface area contributed by atoms with Crippen LogP contribution in [0.3, 0.4) is 0 Å². The minimum absolute atomic E-state index is 0.648. The van der Waals surface area contributed by atoms with Crippen LogP contribution in [-0.2, 0) is 6.42 Å². The fourth-order valence-electron chi connectivity index (χ4n) is 2.26. The Morgan fingerprint density at radius 1 is 1.20 bits per heavy atom. The number of fused-ring (bicyclic) bond motifs is 1. The highest BCUT2D eigenvalue weighted by Gasteiger charge is 2.11. The maximum absolute atomic E-state index is 5.99. The number of nitrogens with one attached hydrogen (secondary N) is 1. The Morgan fingerprint density at radius 2 is 2.05 bits per heavy atom. The van der Waals surface area contributed by atoms with Gasteiger partial charge in [-0.3, -0.25) is 0 Å². The van der Waals surface area contributed by atoms with Gasteiger partial charge < -0.3 is 9.72 Å². The Kier molecular flexibility index (Phi) is 3.36. The molecule has 0 spiro atoms. The van der Waals surface area contributed by atoms with Gasteiger partial charge in [-0.05, 0) is 42.3 Å². The van der Waals surface area contributed by atoms with Gasteiger partial charge in [-0.2, -0.15) is 0 Å². The second kappa shape index (κ2) is 5.17. The van der Waals surface area contributed by atoms with Crippen molar-refractivity contribution in [3.63, 3.8) is 0 Å². The zero-order chi connectivity index (χ0) is 14.1. The molecule has 1 aromatic heterocycles. The summed E-state index contributed by atoms with van der Waals surface area (Å²) in [5.41, 5.74) is 4.19. The van der Waals surface area contributed by atoms with E-state index in [1.165, 1.54) is 5.56 Å². The Morgan fingerprint density at radius 3 is 2.80 bits per heavy atom. The Hall–Kier alpha value is -2.00. The van der Waals surface area contributed by atoms with E-state index in [-0.39, 0.29) is 0 Å². The molecule has 0 unspecified atom stereocenters. The first-order valence-corrected chi connectivity index (χ1v) is 6.91. The van der Waals surface area contributed by atoms with Gasteiger partial charge in [-0.15, -0.1) is 0 Å². The normalized spacial score (nSPS) is 10.9. The Labute approximate surface area is 122 Å². The average Bonchev–Trinajstić information content (AvgIpc) is 2.89. The average molecular weight is 287 g/mol. The van der Waals surface area contributed by atoms with Crippen LogP contribution >= 0.6 is 11.6 Å². The second-order valence-electron chi connectivity index (χ2n) is 4.64. The smallest absolute Gasteiger partial charge is 0.142 e. The van der Waals surface area contributed by atoms with Gasteiger partial charge in [-0.1, -0.05) is 24.6 Å². The van der Waals surface area contributed by atoms with Crippen LogP contribution in [0.25, 0.3) is 22.4 Å². The fraction of sp³-hybridized carbons (Fsp3) is 0.188. The summed E-state index contributed by atoms with van der Waals surface area (Å²) in [6.07, 6.45) is 1.01. The maximum Gasteiger partial charge on any atom is 0.142 e.